The molecule has 17 heavy (non-hydrogen) atoms. The van der Waals surface area contributed by atoms with Crippen molar-refractivity contribution in [3.05, 3.63) is 0 Å². The zero-order valence-electron chi connectivity index (χ0n) is 11.8. The first-order valence-electron chi connectivity index (χ1n) is 7.84. The molecule has 0 spiro atoms. The van der Waals surface area contributed by atoms with E-state index in [4.69, 9.17) is 0 Å². The van der Waals surface area contributed by atoms with Gasteiger partial charge in [-0.25, -0.2) is 0 Å². The normalized spacial score (nSPS) is 28.2. The lowest BCUT2D eigenvalue weighted by Gasteiger charge is -2.41. The second-order valence-corrected chi connectivity index (χ2v) is 5.92. The predicted molar refractivity (Wildman–Crippen MR) is 74.4 cm³/mol. The van der Waals surface area contributed by atoms with Crippen molar-refractivity contribution in [2.75, 3.05) is 13.1 Å². The summed E-state index contributed by atoms with van der Waals surface area (Å²) in [6, 6.07) is 2.52. The van der Waals surface area contributed by atoms with Crippen LogP contribution in [0.2, 0.25) is 0 Å². The highest BCUT2D eigenvalue weighted by Crippen LogP contribution is 2.25. The van der Waals surface area contributed by atoms with Crippen LogP contribution in [0.3, 0.4) is 0 Å². The Kier molecular flexibility index (Phi) is 5.30. The maximum atomic E-state index is 3.74. The van der Waals surface area contributed by atoms with Crippen molar-refractivity contribution < 1.29 is 0 Å². The lowest BCUT2D eigenvalue weighted by Crippen LogP contribution is -2.50. The summed E-state index contributed by atoms with van der Waals surface area (Å²) in [5.74, 6) is 0. The Bertz CT molecular complexity index is 213. The summed E-state index contributed by atoms with van der Waals surface area (Å²) < 4.78 is 0. The second-order valence-electron chi connectivity index (χ2n) is 5.92. The van der Waals surface area contributed by atoms with Gasteiger partial charge in [0, 0.05) is 24.7 Å². The number of nitrogens with one attached hydrogen (secondary N) is 1. The molecular weight excluding hydrogens is 208 g/mol. The Hall–Kier alpha value is -0.0800. The average molecular weight is 238 g/mol. The Morgan fingerprint density at radius 2 is 2.00 bits per heavy atom. The largest absolute Gasteiger partial charge is 0.312 e. The predicted octanol–water partition coefficient (Wildman–Crippen LogP) is 3.17. The summed E-state index contributed by atoms with van der Waals surface area (Å²) in [5.41, 5.74) is 0. The summed E-state index contributed by atoms with van der Waals surface area (Å²) in [5, 5.41) is 3.74. The van der Waals surface area contributed by atoms with Crippen molar-refractivity contribution in [3.8, 4) is 0 Å². The van der Waals surface area contributed by atoms with E-state index < -0.39 is 0 Å². The van der Waals surface area contributed by atoms with Gasteiger partial charge < -0.3 is 5.32 Å². The van der Waals surface area contributed by atoms with Crippen LogP contribution in [0.1, 0.15) is 65.2 Å². The minimum absolute atomic E-state index is 0.797. The first kappa shape index (κ1) is 13.4. The number of rotatable bonds is 7. The molecular formula is C15H30N2. The van der Waals surface area contributed by atoms with E-state index in [-0.39, 0.29) is 0 Å². The van der Waals surface area contributed by atoms with Crippen LogP contribution in [0.15, 0.2) is 0 Å². The molecule has 0 bridgehead atoms. The van der Waals surface area contributed by atoms with Gasteiger partial charge in [-0.1, -0.05) is 26.7 Å². The van der Waals surface area contributed by atoms with Crippen LogP contribution in [-0.4, -0.2) is 36.1 Å². The lowest BCUT2D eigenvalue weighted by molar-refractivity contribution is 0.0850. The third kappa shape index (κ3) is 3.96. The van der Waals surface area contributed by atoms with E-state index in [0.717, 1.165) is 18.1 Å². The van der Waals surface area contributed by atoms with Crippen LogP contribution in [0, 0.1) is 0 Å². The summed E-state index contributed by atoms with van der Waals surface area (Å²) in [4.78, 5) is 2.82. The van der Waals surface area contributed by atoms with Gasteiger partial charge in [0.05, 0.1) is 0 Å². The molecule has 0 radical (unpaired) electrons. The van der Waals surface area contributed by atoms with Gasteiger partial charge in [-0.05, 0) is 45.1 Å². The summed E-state index contributed by atoms with van der Waals surface area (Å²) >= 11 is 0. The van der Waals surface area contributed by atoms with Gasteiger partial charge in [0.15, 0.2) is 0 Å². The SMILES string of the molecule is CCCC(CNC1CC1)N1CCCCC1CC. The monoisotopic (exact) mass is 238 g/mol. The van der Waals surface area contributed by atoms with Crippen molar-refractivity contribution in [2.45, 2.75) is 83.3 Å². The zero-order chi connectivity index (χ0) is 12.1. The topological polar surface area (TPSA) is 15.3 Å². The molecule has 2 fully saturated rings. The van der Waals surface area contributed by atoms with Crippen LogP contribution < -0.4 is 5.32 Å². The van der Waals surface area contributed by atoms with Crippen LogP contribution in [-0.2, 0) is 0 Å². The van der Waals surface area contributed by atoms with Crippen LogP contribution >= 0.6 is 0 Å². The van der Waals surface area contributed by atoms with Gasteiger partial charge in [-0.3, -0.25) is 4.90 Å². The van der Waals surface area contributed by atoms with Crippen molar-refractivity contribution in [3.63, 3.8) is 0 Å². The standard InChI is InChI=1S/C15H30N2/c1-3-7-15(12-16-13-9-10-13)17-11-6-5-8-14(17)4-2/h13-16H,3-12H2,1-2H3. The molecule has 2 nitrogen and oxygen atoms in total. The van der Waals surface area contributed by atoms with E-state index in [1.165, 1.54) is 64.5 Å². The fraction of sp³-hybridized carbons (Fsp3) is 1.00. The highest BCUT2D eigenvalue weighted by molar-refractivity contribution is 4.87. The molecule has 100 valence electrons. The third-order valence-corrected chi connectivity index (χ3v) is 4.45. The molecule has 2 atom stereocenters. The minimum Gasteiger partial charge on any atom is -0.312 e. The van der Waals surface area contributed by atoms with E-state index in [2.05, 4.69) is 24.1 Å². The van der Waals surface area contributed by atoms with Crippen molar-refractivity contribution in [1.82, 2.24) is 10.2 Å². The van der Waals surface area contributed by atoms with E-state index in [9.17, 15) is 0 Å². The molecule has 1 aliphatic carbocycles. The quantitative estimate of drug-likeness (QED) is 0.733. The van der Waals surface area contributed by atoms with E-state index >= 15 is 0 Å². The van der Waals surface area contributed by atoms with E-state index in [0.29, 0.717) is 0 Å². The second kappa shape index (κ2) is 6.75. The highest BCUT2D eigenvalue weighted by atomic mass is 15.2. The fourth-order valence-corrected chi connectivity index (χ4v) is 3.25. The third-order valence-electron chi connectivity index (χ3n) is 4.45. The summed E-state index contributed by atoms with van der Waals surface area (Å²) in [6.07, 6.45) is 11.2. The number of nitrogens with zero attached hydrogens (tertiary/aromatic N) is 1. The molecule has 2 rings (SSSR count). The maximum Gasteiger partial charge on any atom is 0.0223 e. The molecule has 1 saturated carbocycles. The Morgan fingerprint density at radius 3 is 2.65 bits per heavy atom. The van der Waals surface area contributed by atoms with Crippen molar-refractivity contribution in [1.29, 1.82) is 0 Å². The summed E-state index contributed by atoms with van der Waals surface area (Å²) in [7, 11) is 0. The summed E-state index contributed by atoms with van der Waals surface area (Å²) in [6.45, 7) is 7.26. The van der Waals surface area contributed by atoms with E-state index in [1.54, 1.807) is 0 Å². The molecule has 0 aromatic carbocycles. The zero-order valence-corrected chi connectivity index (χ0v) is 11.8. The Labute approximate surface area is 107 Å². The van der Waals surface area contributed by atoms with Gasteiger partial charge in [-0.2, -0.15) is 0 Å². The fourth-order valence-electron chi connectivity index (χ4n) is 3.25. The molecule has 1 saturated heterocycles. The molecule has 0 aromatic rings. The highest BCUT2D eigenvalue weighted by Gasteiger charge is 2.29. The molecule has 0 amide bonds. The average Bonchev–Trinajstić information content (AvgIpc) is 3.18. The van der Waals surface area contributed by atoms with Gasteiger partial charge in [0.1, 0.15) is 0 Å². The molecule has 2 unspecified atom stereocenters. The van der Waals surface area contributed by atoms with Crippen LogP contribution in [0.25, 0.3) is 0 Å². The van der Waals surface area contributed by atoms with Crippen molar-refractivity contribution >= 4 is 0 Å². The lowest BCUT2D eigenvalue weighted by atomic mass is 9.96. The first-order chi connectivity index (χ1) is 8.35. The van der Waals surface area contributed by atoms with Crippen LogP contribution in [0.4, 0.5) is 0 Å². The van der Waals surface area contributed by atoms with E-state index in [1.807, 2.05) is 0 Å². The minimum atomic E-state index is 0.797. The number of hydrogen-bond donors (Lipinski definition) is 1. The van der Waals surface area contributed by atoms with Gasteiger partial charge >= 0.3 is 0 Å². The first-order valence-corrected chi connectivity index (χ1v) is 7.84. The molecule has 0 aromatic heterocycles. The molecule has 2 aliphatic rings. The molecule has 1 N–H and O–H groups in total. The molecule has 1 aliphatic heterocycles. The van der Waals surface area contributed by atoms with Gasteiger partial charge in [0.25, 0.3) is 0 Å². The Morgan fingerprint density at radius 1 is 1.18 bits per heavy atom. The maximum absolute atomic E-state index is 3.74. The van der Waals surface area contributed by atoms with Crippen molar-refractivity contribution in [2.24, 2.45) is 0 Å². The molecule has 2 heteroatoms. The number of piperidine rings is 1. The smallest absolute Gasteiger partial charge is 0.0223 e. The number of hydrogen-bond acceptors (Lipinski definition) is 2. The van der Waals surface area contributed by atoms with Gasteiger partial charge in [-0.15, -0.1) is 0 Å². The Balaban J connectivity index is 1.86. The van der Waals surface area contributed by atoms with Gasteiger partial charge in [0.2, 0.25) is 0 Å². The number of likely N-dealkylation sites (tertiary alicyclic amines) is 1. The van der Waals surface area contributed by atoms with Crippen LogP contribution in [0.5, 0.6) is 0 Å². The molecule has 1 heterocycles.